The van der Waals surface area contributed by atoms with Crippen LogP contribution in [-0.4, -0.2) is 44.8 Å². The highest BCUT2D eigenvalue weighted by atomic mass is 16.5. The topological polar surface area (TPSA) is 38.5 Å². The van der Waals surface area contributed by atoms with Crippen molar-refractivity contribution in [2.45, 2.75) is 6.92 Å². The van der Waals surface area contributed by atoms with E-state index in [4.69, 9.17) is 10.5 Å². The average Bonchev–Trinajstić information content (AvgIpc) is 2.34. The second kappa shape index (κ2) is 4.80. The van der Waals surface area contributed by atoms with Gasteiger partial charge < -0.3 is 15.4 Å². The van der Waals surface area contributed by atoms with Gasteiger partial charge in [0, 0.05) is 33.3 Å². The van der Waals surface area contributed by atoms with Crippen LogP contribution in [0.2, 0.25) is 0 Å². The monoisotopic (exact) mass is 172 g/mol. The van der Waals surface area contributed by atoms with E-state index in [0.29, 0.717) is 5.92 Å². The number of nitrogens with zero attached hydrogens (tertiary/aromatic N) is 1. The van der Waals surface area contributed by atoms with E-state index in [9.17, 15) is 0 Å². The zero-order valence-corrected chi connectivity index (χ0v) is 8.12. The first kappa shape index (κ1) is 9.96. The molecule has 1 heterocycles. The van der Waals surface area contributed by atoms with E-state index in [-0.39, 0.29) is 0 Å². The highest BCUT2D eigenvalue weighted by molar-refractivity contribution is 4.81. The molecule has 0 aromatic heterocycles. The van der Waals surface area contributed by atoms with Crippen LogP contribution >= 0.6 is 0 Å². The van der Waals surface area contributed by atoms with Gasteiger partial charge in [-0.25, -0.2) is 0 Å². The third-order valence-electron chi connectivity index (χ3n) is 2.67. The van der Waals surface area contributed by atoms with Crippen molar-refractivity contribution in [3.05, 3.63) is 0 Å². The fraction of sp³-hybridized carbons (Fsp3) is 1.00. The Morgan fingerprint density at radius 3 is 2.83 bits per heavy atom. The van der Waals surface area contributed by atoms with Gasteiger partial charge in [0.25, 0.3) is 0 Å². The summed E-state index contributed by atoms with van der Waals surface area (Å²) in [6, 6.07) is 0. The SMILES string of the molecule is COC[C@H]1CN(CCN)C[C@H]1C. The van der Waals surface area contributed by atoms with Crippen molar-refractivity contribution in [2.24, 2.45) is 17.6 Å². The number of ether oxygens (including phenoxy) is 1. The smallest absolute Gasteiger partial charge is 0.0505 e. The van der Waals surface area contributed by atoms with Gasteiger partial charge in [-0.2, -0.15) is 0 Å². The molecular weight excluding hydrogens is 152 g/mol. The third-order valence-corrected chi connectivity index (χ3v) is 2.67. The number of hydrogen-bond donors (Lipinski definition) is 1. The van der Waals surface area contributed by atoms with Gasteiger partial charge in [-0.15, -0.1) is 0 Å². The van der Waals surface area contributed by atoms with Crippen molar-refractivity contribution in [1.29, 1.82) is 0 Å². The maximum atomic E-state index is 5.50. The summed E-state index contributed by atoms with van der Waals surface area (Å²) in [5.41, 5.74) is 5.50. The fourth-order valence-corrected chi connectivity index (χ4v) is 1.94. The minimum absolute atomic E-state index is 0.710. The van der Waals surface area contributed by atoms with Crippen LogP contribution in [0.25, 0.3) is 0 Å². The zero-order valence-electron chi connectivity index (χ0n) is 8.12. The van der Waals surface area contributed by atoms with Crippen molar-refractivity contribution < 1.29 is 4.74 Å². The molecule has 0 aliphatic carbocycles. The van der Waals surface area contributed by atoms with Gasteiger partial charge in [-0.1, -0.05) is 6.92 Å². The second-order valence-corrected chi connectivity index (χ2v) is 3.74. The Hall–Kier alpha value is -0.120. The highest BCUT2D eigenvalue weighted by Crippen LogP contribution is 2.22. The predicted molar refractivity (Wildman–Crippen MR) is 50.0 cm³/mol. The lowest BCUT2D eigenvalue weighted by atomic mass is 10.00. The van der Waals surface area contributed by atoms with E-state index in [0.717, 1.165) is 32.2 Å². The summed E-state index contributed by atoms with van der Waals surface area (Å²) in [5, 5.41) is 0. The first-order chi connectivity index (χ1) is 5.77. The molecule has 0 aromatic rings. The van der Waals surface area contributed by atoms with E-state index in [1.807, 2.05) is 0 Å². The molecular formula is C9H20N2O. The quantitative estimate of drug-likeness (QED) is 0.656. The van der Waals surface area contributed by atoms with Crippen LogP contribution in [0.3, 0.4) is 0 Å². The summed E-state index contributed by atoms with van der Waals surface area (Å²) < 4.78 is 5.16. The number of hydrogen-bond acceptors (Lipinski definition) is 3. The summed E-state index contributed by atoms with van der Waals surface area (Å²) in [5.74, 6) is 1.47. The van der Waals surface area contributed by atoms with Gasteiger partial charge in [0.05, 0.1) is 6.61 Å². The number of methoxy groups -OCH3 is 1. The van der Waals surface area contributed by atoms with E-state index < -0.39 is 0 Å². The molecule has 0 spiro atoms. The fourth-order valence-electron chi connectivity index (χ4n) is 1.94. The molecule has 1 aliphatic rings. The van der Waals surface area contributed by atoms with Crippen LogP contribution in [0.5, 0.6) is 0 Å². The molecule has 1 fully saturated rings. The van der Waals surface area contributed by atoms with Crippen molar-refractivity contribution in [1.82, 2.24) is 4.90 Å². The average molecular weight is 172 g/mol. The first-order valence-corrected chi connectivity index (χ1v) is 4.69. The lowest BCUT2D eigenvalue weighted by molar-refractivity contribution is 0.140. The van der Waals surface area contributed by atoms with Gasteiger partial charge >= 0.3 is 0 Å². The molecule has 0 radical (unpaired) electrons. The molecule has 3 heteroatoms. The largest absolute Gasteiger partial charge is 0.384 e. The Morgan fingerprint density at radius 2 is 2.25 bits per heavy atom. The van der Waals surface area contributed by atoms with E-state index >= 15 is 0 Å². The third kappa shape index (κ3) is 2.44. The summed E-state index contributed by atoms with van der Waals surface area (Å²) in [7, 11) is 1.78. The summed E-state index contributed by atoms with van der Waals surface area (Å²) in [6.07, 6.45) is 0. The molecule has 3 nitrogen and oxygen atoms in total. The molecule has 2 atom stereocenters. The van der Waals surface area contributed by atoms with Gasteiger partial charge in [0.2, 0.25) is 0 Å². The zero-order chi connectivity index (χ0) is 8.97. The van der Waals surface area contributed by atoms with Gasteiger partial charge in [-0.05, 0) is 11.8 Å². The molecule has 1 saturated heterocycles. The van der Waals surface area contributed by atoms with Crippen LogP contribution in [-0.2, 0) is 4.74 Å². The van der Waals surface area contributed by atoms with Gasteiger partial charge in [0.1, 0.15) is 0 Å². The minimum atomic E-state index is 0.710. The number of likely N-dealkylation sites (tertiary alicyclic amines) is 1. The van der Waals surface area contributed by atoms with E-state index in [1.54, 1.807) is 7.11 Å². The Morgan fingerprint density at radius 1 is 1.50 bits per heavy atom. The molecule has 12 heavy (non-hydrogen) atoms. The number of rotatable bonds is 4. The van der Waals surface area contributed by atoms with E-state index in [1.165, 1.54) is 6.54 Å². The predicted octanol–water partition coefficient (Wildman–Crippen LogP) is 0.159. The molecule has 72 valence electrons. The summed E-state index contributed by atoms with van der Waals surface area (Å²) in [4.78, 5) is 2.42. The van der Waals surface area contributed by atoms with Crippen LogP contribution in [0.4, 0.5) is 0 Å². The number of nitrogens with two attached hydrogens (primary N) is 1. The Labute approximate surface area is 74.9 Å². The van der Waals surface area contributed by atoms with Crippen LogP contribution in [0.15, 0.2) is 0 Å². The van der Waals surface area contributed by atoms with Gasteiger partial charge in [0.15, 0.2) is 0 Å². The maximum absolute atomic E-state index is 5.50. The Kier molecular flexibility index (Phi) is 3.98. The summed E-state index contributed by atoms with van der Waals surface area (Å²) in [6.45, 7) is 7.33. The lowest BCUT2D eigenvalue weighted by Gasteiger charge is -2.13. The van der Waals surface area contributed by atoms with Crippen molar-refractivity contribution >= 4 is 0 Å². The van der Waals surface area contributed by atoms with Crippen LogP contribution in [0.1, 0.15) is 6.92 Å². The molecule has 0 amide bonds. The normalized spacial score (nSPS) is 31.2. The lowest BCUT2D eigenvalue weighted by Crippen LogP contribution is -2.27. The van der Waals surface area contributed by atoms with Crippen molar-refractivity contribution in [3.8, 4) is 0 Å². The van der Waals surface area contributed by atoms with Gasteiger partial charge in [-0.3, -0.25) is 0 Å². The summed E-state index contributed by atoms with van der Waals surface area (Å²) >= 11 is 0. The second-order valence-electron chi connectivity index (χ2n) is 3.74. The maximum Gasteiger partial charge on any atom is 0.0505 e. The minimum Gasteiger partial charge on any atom is -0.384 e. The molecule has 0 bridgehead atoms. The molecule has 1 rings (SSSR count). The van der Waals surface area contributed by atoms with Crippen molar-refractivity contribution in [3.63, 3.8) is 0 Å². The molecule has 1 aliphatic heterocycles. The van der Waals surface area contributed by atoms with Crippen molar-refractivity contribution in [2.75, 3.05) is 39.9 Å². The molecule has 0 saturated carbocycles. The first-order valence-electron chi connectivity index (χ1n) is 4.69. The Balaban J connectivity index is 2.29. The molecule has 0 aromatic carbocycles. The van der Waals surface area contributed by atoms with Crippen LogP contribution < -0.4 is 5.73 Å². The highest BCUT2D eigenvalue weighted by Gasteiger charge is 2.28. The Bertz CT molecular complexity index is 130. The molecule has 2 N–H and O–H groups in total. The van der Waals surface area contributed by atoms with E-state index in [2.05, 4.69) is 11.8 Å². The molecule has 0 unspecified atom stereocenters. The van der Waals surface area contributed by atoms with Crippen LogP contribution in [0, 0.1) is 11.8 Å². The standard InChI is InChI=1S/C9H20N2O/c1-8-5-11(4-3-10)6-9(8)7-12-2/h8-9H,3-7,10H2,1-2H3/t8-,9-/m1/s1.